The lowest BCUT2D eigenvalue weighted by Crippen LogP contribution is -2.13. The number of aryl methyl sites for hydroxylation is 2. The quantitative estimate of drug-likeness (QED) is 0.749. The van der Waals surface area contributed by atoms with Crippen molar-refractivity contribution in [3.63, 3.8) is 0 Å². The third-order valence-corrected chi connectivity index (χ3v) is 4.26. The lowest BCUT2D eigenvalue weighted by Gasteiger charge is -2.10. The summed E-state index contributed by atoms with van der Waals surface area (Å²) in [4.78, 5) is 11.9. The maximum atomic E-state index is 13.5. The van der Waals surface area contributed by atoms with E-state index in [2.05, 4.69) is 15.9 Å². The Bertz CT molecular complexity index is 676. The molecule has 0 saturated heterocycles. The van der Waals surface area contributed by atoms with Crippen LogP contribution in [0.3, 0.4) is 0 Å². The molecule has 21 heavy (non-hydrogen) atoms. The fourth-order valence-corrected chi connectivity index (χ4v) is 2.16. The van der Waals surface area contributed by atoms with Gasteiger partial charge in [-0.15, -0.1) is 0 Å². The molecule has 0 heterocycles. The van der Waals surface area contributed by atoms with Gasteiger partial charge in [-0.2, -0.15) is 0 Å². The van der Waals surface area contributed by atoms with E-state index in [1.165, 1.54) is 0 Å². The molecular weight excluding hydrogens is 342 g/mol. The van der Waals surface area contributed by atoms with Crippen LogP contribution in [-0.2, 0) is 0 Å². The largest absolute Gasteiger partial charge is 0.485 e. The molecule has 0 amide bonds. The number of hydrogen-bond acceptors (Lipinski definition) is 2. The van der Waals surface area contributed by atoms with Crippen LogP contribution in [0.2, 0.25) is 0 Å². The Morgan fingerprint density at radius 3 is 2.38 bits per heavy atom. The number of rotatable bonds is 4. The summed E-state index contributed by atoms with van der Waals surface area (Å²) in [6.07, 6.45) is 0. The van der Waals surface area contributed by atoms with Gasteiger partial charge >= 0.3 is 0 Å². The Kier molecular flexibility index (Phi) is 4.73. The minimum atomic E-state index is -0.756. The Balaban J connectivity index is 2.13. The fourth-order valence-electron chi connectivity index (χ4n) is 1.93. The highest BCUT2D eigenvalue weighted by atomic mass is 79.9. The monoisotopic (exact) mass is 354 g/mol. The summed E-state index contributed by atoms with van der Waals surface area (Å²) in [7, 11) is 0. The molecule has 0 N–H and O–H groups in total. The van der Waals surface area contributed by atoms with Crippen LogP contribution in [0.15, 0.2) is 34.8 Å². The van der Waals surface area contributed by atoms with Crippen molar-refractivity contribution in [2.45, 2.75) is 13.8 Å². The number of hydrogen-bond donors (Lipinski definition) is 0. The maximum absolute atomic E-state index is 13.5. The minimum absolute atomic E-state index is 0.305. The molecule has 0 atom stereocenters. The maximum Gasteiger partial charge on any atom is 0.203 e. The van der Waals surface area contributed by atoms with Crippen LogP contribution >= 0.6 is 15.9 Å². The van der Waals surface area contributed by atoms with E-state index in [1.54, 1.807) is 12.1 Å². The van der Waals surface area contributed by atoms with Crippen LogP contribution in [0.25, 0.3) is 0 Å². The van der Waals surface area contributed by atoms with Gasteiger partial charge < -0.3 is 4.74 Å². The van der Waals surface area contributed by atoms with Crippen molar-refractivity contribution in [1.29, 1.82) is 0 Å². The topological polar surface area (TPSA) is 26.3 Å². The van der Waals surface area contributed by atoms with Gasteiger partial charge in [0.15, 0.2) is 6.61 Å². The Morgan fingerprint density at radius 2 is 1.76 bits per heavy atom. The van der Waals surface area contributed by atoms with E-state index in [-0.39, 0.29) is 12.2 Å². The first kappa shape index (κ1) is 15.6. The summed E-state index contributed by atoms with van der Waals surface area (Å²) in [6, 6.07) is 6.31. The Morgan fingerprint density at radius 1 is 1.14 bits per heavy atom. The van der Waals surface area contributed by atoms with E-state index < -0.39 is 17.4 Å². The van der Waals surface area contributed by atoms with Crippen LogP contribution in [0.5, 0.6) is 5.75 Å². The molecule has 0 spiro atoms. The van der Waals surface area contributed by atoms with Gasteiger partial charge in [0.25, 0.3) is 0 Å². The summed E-state index contributed by atoms with van der Waals surface area (Å²) in [5.41, 5.74) is 1.63. The van der Waals surface area contributed by atoms with Crippen molar-refractivity contribution in [3.05, 3.63) is 63.1 Å². The zero-order valence-electron chi connectivity index (χ0n) is 11.5. The molecule has 5 heteroatoms. The van der Waals surface area contributed by atoms with E-state index in [0.29, 0.717) is 5.75 Å². The van der Waals surface area contributed by atoms with Crippen LogP contribution in [0.1, 0.15) is 21.5 Å². The van der Waals surface area contributed by atoms with E-state index >= 15 is 0 Å². The number of ketones is 1. The number of halogens is 3. The molecule has 0 aliphatic heterocycles. The van der Waals surface area contributed by atoms with Crippen molar-refractivity contribution in [2.75, 3.05) is 6.61 Å². The molecule has 2 rings (SSSR count). The van der Waals surface area contributed by atoms with Gasteiger partial charge in [0.1, 0.15) is 17.4 Å². The first-order chi connectivity index (χ1) is 9.88. The number of benzene rings is 2. The molecule has 0 radical (unpaired) electrons. The zero-order valence-corrected chi connectivity index (χ0v) is 13.1. The second-order valence-electron chi connectivity index (χ2n) is 4.71. The molecule has 2 nitrogen and oxygen atoms in total. The Labute approximate surface area is 129 Å². The van der Waals surface area contributed by atoms with Gasteiger partial charge in [-0.3, -0.25) is 4.79 Å². The van der Waals surface area contributed by atoms with Crippen LogP contribution < -0.4 is 4.74 Å². The van der Waals surface area contributed by atoms with Crippen LogP contribution in [0, 0.1) is 25.5 Å². The molecule has 2 aromatic carbocycles. The summed E-state index contributed by atoms with van der Waals surface area (Å²) in [5.74, 6) is -1.51. The van der Waals surface area contributed by atoms with Crippen molar-refractivity contribution < 1.29 is 18.3 Å². The van der Waals surface area contributed by atoms with Gasteiger partial charge in [0.05, 0.1) is 5.56 Å². The molecule has 0 aliphatic carbocycles. The molecule has 0 bridgehead atoms. The minimum Gasteiger partial charge on any atom is -0.485 e. The first-order valence-corrected chi connectivity index (χ1v) is 7.05. The lowest BCUT2D eigenvalue weighted by molar-refractivity contribution is 0.0917. The SMILES string of the molecule is Cc1cc(OCC(=O)c2cc(F)ccc2F)cc(C)c1Br. The van der Waals surface area contributed by atoms with Gasteiger partial charge in [0, 0.05) is 4.47 Å². The molecule has 0 aromatic heterocycles. The van der Waals surface area contributed by atoms with Crippen LogP contribution in [0.4, 0.5) is 8.78 Å². The third kappa shape index (κ3) is 3.67. The molecular formula is C16H13BrF2O2. The van der Waals surface area contributed by atoms with E-state index in [4.69, 9.17) is 4.74 Å². The highest BCUT2D eigenvalue weighted by Gasteiger charge is 2.14. The molecule has 110 valence electrons. The van der Waals surface area contributed by atoms with Crippen LogP contribution in [-0.4, -0.2) is 12.4 Å². The second-order valence-corrected chi connectivity index (χ2v) is 5.50. The number of carbonyl (C=O) groups excluding carboxylic acids is 1. The first-order valence-electron chi connectivity index (χ1n) is 6.26. The highest BCUT2D eigenvalue weighted by molar-refractivity contribution is 9.10. The molecule has 0 unspecified atom stereocenters. The van der Waals surface area contributed by atoms with Gasteiger partial charge in [-0.25, -0.2) is 8.78 Å². The van der Waals surface area contributed by atoms with Crippen molar-refractivity contribution in [1.82, 2.24) is 0 Å². The standard InChI is InChI=1S/C16H13BrF2O2/c1-9-5-12(6-10(2)16(9)17)21-8-15(20)13-7-11(18)3-4-14(13)19/h3-7H,8H2,1-2H3. The fraction of sp³-hybridized carbons (Fsp3) is 0.188. The lowest BCUT2D eigenvalue weighted by atomic mass is 10.1. The van der Waals surface area contributed by atoms with Crippen molar-refractivity contribution >= 4 is 21.7 Å². The molecule has 0 fully saturated rings. The normalized spacial score (nSPS) is 10.5. The zero-order chi connectivity index (χ0) is 15.6. The van der Waals surface area contributed by atoms with Gasteiger partial charge in [-0.05, 0) is 55.3 Å². The Hall–Kier alpha value is -1.75. The van der Waals surface area contributed by atoms with E-state index in [0.717, 1.165) is 33.8 Å². The van der Waals surface area contributed by atoms with E-state index in [1.807, 2.05) is 13.8 Å². The molecule has 0 aliphatic rings. The predicted molar refractivity (Wildman–Crippen MR) is 79.8 cm³/mol. The molecule has 0 saturated carbocycles. The predicted octanol–water partition coefficient (Wildman–Crippen LogP) is 4.61. The van der Waals surface area contributed by atoms with E-state index in [9.17, 15) is 13.6 Å². The summed E-state index contributed by atoms with van der Waals surface area (Å²) in [6.45, 7) is 3.46. The summed E-state index contributed by atoms with van der Waals surface area (Å²) in [5, 5.41) is 0. The number of Topliss-reactive ketones (excluding diaryl/α,β-unsaturated/α-hetero) is 1. The van der Waals surface area contributed by atoms with Gasteiger partial charge in [0.2, 0.25) is 5.78 Å². The van der Waals surface area contributed by atoms with Crippen molar-refractivity contribution in [2.24, 2.45) is 0 Å². The second kappa shape index (κ2) is 6.35. The highest BCUT2D eigenvalue weighted by Crippen LogP contribution is 2.26. The molecule has 2 aromatic rings. The van der Waals surface area contributed by atoms with Gasteiger partial charge in [-0.1, -0.05) is 15.9 Å². The summed E-state index contributed by atoms with van der Waals surface area (Å²) >= 11 is 3.43. The smallest absolute Gasteiger partial charge is 0.203 e. The average Bonchev–Trinajstić information content (AvgIpc) is 2.44. The average molecular weight is 355 g/mol. The number of carbonyl (C=O) groups is 1. The summed E-state index contributed by atoms with van der Waals surface area (Å²) < 4.78 is 32.9. The van der Waals surface area contributed by atoms with Crippen molar-refractivity contribution in [3.8, 4) is 5.75 Å². The third-order valence-electron chi connectivity index (χ3n) is 3.01. The number of ether oxygens (including phenoxy) is 1.